The summed E-state index contributed by atoms with van der Waals surface area (Å²) in [5, 5.41) is 4.40. The van der Waals surface area contributed by atoms with Crippen molar-refractivity contribution in [3.05, 3.63) is 23.9 Å². The van der Waals surface area contributed by atoms with Crippen LogP contribution in [0.4, 0.5) is 0 Å². The number of rotatable bonds is 6. The van der Waals surface area contributed by atoms with Crippen molar-refractivity contribution in [1.82, 2.24) is 15.3 Å². The fourth-order valence-corrected chi connectivity index (χ4v) is 2.25. The third kappa shape index (κ3) is 3.42. The van der Waals surface area contributed by atoms with Gasteiger partial charge in [0.15, 0.2) is 0 Å². The van der Waals surface area contributed by atoms with Crippen LogP contribution in [0, 0.1) is 5.92 Å². The van der Waals surface area contributed by atoms with Crippen LogP contribution in [-0.4, -0.2) is 55.9 Å². The number of hydrogen-bond acceptors (Lipinski definition) is 6. The van der Waals surface area contributed by atoms with Gasteiger partial charge in [0.05, 0.1) is 12.8 Å². The SMILES string of the molecule is COc1cc(C2=NNCC2CN(C)CCN)ccn1. The summed E-state index contributed by atoms with van der Waals surface area (Å²) < 4.78 is 5.16. The quantitative estimate of drug-likeness (QED) is 0.750. The lowest BCUT2D eigenvalue weighted by Crippen LogP contribution is -2.34. The molecule has 0 aliphatic carbocycles. The van der Waals surface area contributed by atoms with Crippen molar-refractivity contribution in [1.29, 1.82) is 0 Å². The van der Waals surface area contributed by atoms with Gasteiger partial charge in [0, 0.05) is 49.9 Å². The topological polar surface area (TPSA) is 75.8 Å². The molecule has 0 saturated carbocycles. The number of hydrazone groups is 1. The van der Waals surface area contributed by atoms with E-state index in [1.54, 1.807) is 13.3 Å². The Hall–Kier alpha value is -1.66. The summed E-state index contributed by atoms with van der Waals surface area (Å²) >= 11 is 0. The maximum atomic E-state index is 5.58. The Morgan fingerprint density at radius 2 is 2.42 bits per heavy atom. The van der Waals surface area contributed by atoms with Gasteiger partial charge in [-0.2, -0.15) is 5.10 Å². The molecule has 6 heteroatoms. The van der Waals surface area contributed by atoms with Crippen molar-refractivity contribution in [2.75, 3.05) is 40.3 Å². The van der Waals surface area contributed by atoms with E-state index in [9.17, 15) is 0 Å². The molecule has 0 spiro atoms. The van der Waals surface area contributed by atoms with Gasteiger partial charge in [-0.3, -0.25) is 0 Å². The lowest BCUT2D eigenvalue weighted by Gasteiger charge is -2.20. The van der Waals surface area contributed by atoms with Crippen molar-refractivity contribution >= 4 is 5.71 Å². The van der Waals surface area contributed by atoms with Gasteiger partial charge in [0.1, 0.15) is 0 Å². The first kappa shape index (κ1) is 13.8. The fourth-order valence-electron chi connectivity index (χ4n) is 2.25. The van der Waals surface area contributed by atoms with E-state index in [-0.39, 0.29) is 0 Å². The molecule has 0 radical (unpaired) electrons. The van der Waals surface area contributed by atoms with E-state index in [2.05, 4.69) is 27.5 Å². The first-order valence-electron chi connectivity index (χ1n) is 6.44. The van der Waals surface area contributed by atoms with E-state index in [1.807, 2.05) is 12.1 Å². The van der Waals surface area contributed by atoms with Crippen LogP contribution in [0.5, 0.6) is 5.88 Å². The second-order valence-corrected chi connectivity index (χ2v) is 4.69. The van der Waals surface area contributed by atoms with Crippen molar-refractivity contribution in [3.63, 3.8) is 0 Å². The Morgan fingerprint density at radius 3 is 3.16 bits per heavy atom. The zero-order valence-electron chi connectivity index (χ0n) is 11.5. The number of likely N-dealkylation sites (N-methyl/N-ethyl adjacent to an activating group) is 1. The van der Waals surface area contributed by atoms with E-state index in [0.717, 1.165) is 30.9 Å². The minimum Gasteiger partial charge on any atom is -0.481 e. The zero-order valence-corrected chi connectivity index (χ0v) is 11.5. The van der Waals surface area contributed by atoms with Gasteiger partial charge in [-0.25, -0.2) is 4.98 Å². The third-order valence-electron chi connectivity index (χ3n) is 3.21. The summed E-state index contributed by atoms with van der Waals surface area (Å²) in [7, 11) is 3.70. The molecule has 1 aliphatic heterocycles. The standard InChI is InChI=1S/C13H21N5O/c1-18(6-4-14)9-11-8-16-17-13(11)10-3-5-15-12(7-10)19-2/h3,5,7,11,16H,4,6,8-9,14H2,1-2H3. The number of aromatic nitrogens is 1. The fraction of sp³-hybridized carbons (Fsp3) is 0.538. The molecular weight excluding hydrogens is 242 g/mol. The van der Waals surface area contributed by atoms with Crippen molar-refractivity contribution in [2.24, 2.45) is 16.8 Å². The molecule has 19 heavy (non-hydrogen) atoms. The van der Waals surface area contributed by atoms with Gasteiger partial charge in [-0.1, -0.05) is 0 Å². The molecule has 0 saturated heterocycles. The first-order valence-corrected chi connectivity index (χ1v) is 6.44. The minimum absolute atomic E-state index is 0.364. The number of hydrogen-bond donors (Lipinski definition) is 2. The number of methoxy groups -OCH3 is 1. The number of ether oxygens (including phenoxy) is 1. The highest BCUT2D eigenvalue weighted by molar-refractivity contribution is 6.03. The van der Waals surface area contributed by atoms with Crippen molar-refractivity contribution in [3.8, 4) is 5.88 Å². The van der Waals surface area contributed by atoms with Gasteiger partial charge >= 0.3 is 0 Å². The largest absolute Gasteiger partial charge is 0.481 e. The van der Waals surface area contributed by atoms with Crippen LogP contribution in [0.3, 0.4) is 0 Å². The van der Waals surface area contributed by atoms with E-state index in [4.69, 9.17) is 10.5 Å². The van der Waals surface area contributed by atoms with Crippen LogP contribution in [0.1, 0.15) is 5.56 Å². The normalized spacial score (nSPS) is 18.3. The highest BCUT2D eigenvalue weighted by Crippen LogP contribution is 2.17. The van der Waals surface area contributed by atoms with Gasteiger partial charge in [-0.15, -0.1) is 0 Å². The maximum absolute atomic E-state index is 5.58. The predicted octanol–water partition coefficient (Wildman–Crippen LogP) is -0.0958. The third-order valence-corrected chi connectivity index (χ3v) is 3.21. The van der Waals surface area contributed by atoms with Crippen molar-refractivity contribution in [2.45, 2.75) is 0 Å². The summed E-state index contributed by atoms with van der Waals surface area (Å²) in [6.45, 7) is 3.36. The molecule has 6 nitrogen and oxygen atoms in total. The molecule has 0 fully saturated rings. The minimum atomic E-state index is 0.364. The number of nitrogens with zero attached hydrogens (tertiary/aromatic N) is 3. The molecule has 1 unspecified atom stereocenters. The zero-order chi connectivity index (χ0) is 13.7. The first-order chi connectivity index (χ1) is 9.24. The molecule has 2 rings (SSSR count). The summed E-state index contributed by atoms with van der Waals surface area (Å²) in [5.41, 5.74) is 10.8. The highest BCUT2D eigenvalue weighted by Gasteiger charge is 2.24. The van der Waals surface area contributed by atoms with E-state index >= 15 is 0 Å². The number of nitrogens with one attached hydrogen (secondary N) is 1. The maximum Gasteiger partial charge on any atom is 0.213 e. The van der Waals surface area contributed by atoms with Crippen LogP contribution in [-0.2, 0) is 0 Å². The number of pyridine rings is 1. The van der Waals surface area contributed by atoms with Gasteiger partial charge in [-0.05, 0) is 13.1 Å². The molecule has 1 aromatic heterocycles. The Kier molecular flexibility index (Phi) is 4.70. The van der Waals surface area contributed by atoms with Crippen LogP contribution < -0.4 is 15.9 Å². The summed E-state index contributed by atoms with van der Waals surface area (Å²) in [5.74, 6) is 0.977. The van der Waals surface area contributed by atoms with Crippen LogP contribution in [0.25, 0.3) is 0 Å². The molecule has 1 aromatic rings. The smallest absolute Gasteiger partial charge is 0.213 e. The van der Waals surface area contributed by atoms with E-state index < -0.39 is 0 Å². The highest BCUT2D eigenvalue weighted by atomic mass is 16.5. The molecule has 1 aliphatic rings. The van der Waals surface area contributed by atoms with Crippen LogP contribution in [0.15, 0.2) is 23.4 Å². The monoisotopic (exact) mass is 263 g/mol. The Labute approximate surface area is 113 Å². The summed E-state index contributed by atoms with van der Waals surface area (Å²) in [6, 6.07) is 3.88. The lowest BCUT2D eigenvalue weighted by molar-refractivity contribution is 0.317. The van der Waals surface area contributed by atoms with Gasteiger partial charge in [0.25, 0.3) is 0 Å². The summed E-state index contributed by atoms with van der Waals surface area (Å²) in [4.78, 5) is 6.35. The Morgan fingerprint density at radius 1 is 1.58 bits per heavy atom. The number of nitrogens with two attached hydrogens (primary N) is 1. The second-order valence-electron chi connectivity index (χ2n) is 4.69. The van der Waals surface area contributed by atoms with E-state index in [1.165, 1.54) is 0 Å². The Balaban J connectivity index is 2.09. The molecule has 0 bridgehead atoms. The van der Waals surface area contributed by atoms with Gasteiger partial charge in [0.2, 0.25) is 5.88 Å². The predicted molar refractivity (Wildman–Crippen MR) is 75.4 cm³/mol. The molecule has 104 valence electrons. The Bertz CT molecular complexity index is 448. The molecule has 2 heterocycles. The molecule has 1 atom stereocenters. The van der Waals surface area contributed by atoms with Crippen molar-refractivity contribution < 1.29 is 4.74 Å². The average molecular weight is 263 g/mol. The molecule has 0 amide bonds. The van der Waals surface area contributed by atoms with Gasteiger partial charge < -0.3 is 20.8 Å². The second kappa shape index (κ2) is 6.49. The molecule has 3 N–H and O–H groups in total. The van der Waals surface area contributed by atoms with Crippen LogP contribution >= 0.6 is 0 Å². The van der Waals surface area contributed by atoms with Crippen LogP contribution in [0.2, 0.25) is 0 Å². The lowest BCUT2D eigenvalue weighted by atomic mass is 9.98. The van der Waals surface area contributed by atoms with E-state index in [0.29, 0.717) is 18.3 Å². The average Bonchev–Trinajstić information content (AvgIpc) is 2.87. The molecule has 0 aromatic carbocycles. The summed E-state index contributed by atoms with van der Waals surface area (Å²) in [6.07, 6.45) is 1.75. The molecular formula is C13H21N5O.